The maximum Gasteiger partial charge on any atom is 0.270 e. The Bertz CT molecular complexity index is 885. The summed E-state index contributed by atoms with van der Waals surface area (Å²) in [5, 5.41) is 20.6. The van der Waals surface area contributed by atoms with Gasteiger partial charge in [-0.1, -0.05) is 0 Å². The Morgan fingerprint density at radius 3 is 2.90 bits per heavy atom. The van der Waals surface area contributed by atoms with Crippen LogP contribution in [0.5, 0.6) is 5.75 Å². The summed E-state index contributed by atoms with van der Waals surface area (Å²) >= 11 is 4.89. The highest BCUT2D eigenvalue weighted by atomic mass is 32.1. The maximum atomic E-state index is 10.8. The van der Waals surface area contributed by atoms with Crippen molar-refractivity contribution < 1.29 is 10.0 Å². The number of hydrogen-bond donors (Lipinski definition) is 3. The molecule has 8 nitrogen and oxygen atoms in total. The fourth-order valence-corrected chi connectivity index (χ4v) is 1.94. The number of phenols is 1. The number of aromatic hydroxyl groups is 1. The van der Waals surface area contributed by atoms with Gasteiger partial charge in [0.25, 0.3) is 5.69 Å². The van der Waals surface area contributed by atoms with Crippen molar-refractivity contribution in [3.63, 3.8) is 0 Å². The van der Waals surface area contributed by atoms with E-state index in [0.717, 1.165) is 0 Å². The number of nitrogens with one attached hydrogen (secondary N) is 2. The van der Waals surface area contributed by atoms with Crippen LogP contribution in [0.4, 0.5) is 5.69 Å². The van der Waals surface area contributed by atoms with Gasteiger partial charge < -0.3 is 15.1 Å². The molecule has 0 bridgehead atoms. The number of nitro groups is 1. The summed E-state index contributed by atoms with van der Waals surface area (Å²) in [4.78, 5) is 24.0. The first-order chi connectivity index (χ1) is 9.54. The number of nitrogens with zero attached hydrogens (tertiary/aromatic N) is 3. The quantitative estimate of drug-likeness (QED) is 0.378. The molecule has 0 spiro atoms. The van der Waals surface area contributed by atoms with Crippen LogP contribution in [0, 0.1) is 14.9 Å². The van der Waals surface area contributed by atoms with Gasteiger partial charge in [0.1, 0.15) is 17.1 Å². The van der Waals surface area contributed by atoms with Gasteiger partial charge in [-0.15, -0.1) is 0 Å². The second-order valence-corrected chi connectivity index (χ2v) is 4.38. The largest absolute Gasteiger partial charge is 0.507 e. The second kappa shape index (κ2) is 4.38. The van der Waals surface area contributed by atoms with Crippen molar-refractivity contribution >= 4 is 29.1 Å². The maximum absolute atomic E-state index is 10.8. The van der Waals surface area contributed by atoms with E-state index in [1.807, 2.05) is 0 Å². The molecule has 2 aromatic heterocycles. The Kier molecular flexibility index (Phi) is 2.68. The molecule has 0 saturated heterocycles. The van der Waals surface area contributed by atoms with Crippen LogP contribution in [-0.4, -0.2) is 30.0 Å². The number of non-ortho nitro benzene ring substituents is 1. The molecule has 0 radical (unpaired) electrons. The Balaban J connectivity index is 2.21. The highest BCUT2D eigenvalue weighted by Gasteiger charge is 2.15. The highest BCUT2D eigenvalue weighted by Crippen LogP contribution is 2.31. The molecule has 0 atom stereocenters. The summed E-state index contributed by atoms with van der Waals surface area (Å²) in [7, 11) is 0. The van der Waals surface area contributed by atoms with Gasteiger partial charge in [-0.2, -0.15) is 0 Å². The number of benzene rings is 1. The topological polar surface area (TPSA) is 121 Å². The highest BCUT2D eigenvalue weighted by molar-refractivity contribution is 7.71. The zero-order valence-electron chi connectivity index (χ0n) is 9.82. The second-order valence-electron chi connectivity index (χ2n) is 3.99. The zero-order chi connectivity index (χ0) is 14.3. The van der Waals surface area contributed by atoms with Crippen LogP contribution in [0.2, 0.25) is 0 Å². The average molecular weight is 289 g/mol. The molecular formula is C11H7N5O3S. The first kappa shape index (κ1) is 12.2. The number of nitro benzene ring substituents is 1. The molecule has 1 aromatic carbocycles. The minimum Gasteiger partial charge on any atom is -0.507 e. The van der Waals surface area contributed by atoms with E-state index < -0.39 is 4.92 Å². The lowest BCUT2D eigenvalue weighted by atomic mass is 10.1. The van der Waals surface area contributed by atoms with E-state index in [0.29, 0.717) is 17.0 Å². The van der Waals surface area contributed by atoms with Gasteiger partial charge >= 0.3 is 0 Å². The summed E-state index contributed by atoms with van der Waals surface area (Å²) in [5.41, 5.74) is 1.14. The van der Waals surface area contributed by atoms with Crippen molar-refractivity contribution in [1.29, 1.82) is 0 Å². The predicted molar refractivity (Wildman–Crippen MR) is 72.8 cm³/mol. The number of imidazole rings is 1. The number of fused-ring (bicyclic) bond motifs is 1. The summed E-state index contributed by atoms with van der Waals surface area (Å²) in [6.07, 6.45) is 1.50. The molecule has 0 aliphatic rings. The Morgan fingerprint density at radius 2 is 2.15 bits per heavy atom. The molecule has 20 heavy (non-hydrogen) atoms. The molecule has 100 valence electrons. The summed E-state index contributed by atoms with van der Waals surface area (Å²) in [6.45, 7) is 0. The van der Waals surface area contributed by atoms with Crippen LogP contribution in [0.3, 0.4) is 0 Å². The molecule has 0 saturated carbocycles. The van der Waals surface area contributed by atoms with Crippen LogP contribution in [-0.2, 0) is 0 Å². The van der Waals surface area contributed by atoms with E-state index in [1.165, 1.54) is 24.4 Å². The Morgan fingerprint density at radius 1 is 1.35 bits per heavy atom. The van der Waals surface area contributed by atoms with Crippen molar-refractivity contribution in [2.24, 2.45) is 0 Å². The summed E-state index contributed by atoms with van der Waals surface area (Å²) < 4.78 is 0.277. The predicted octanol–water partition coefficient (Wildman–Crippen LogP) is 2.30. The third-order valence-corrected chi connectivity index (χ3v) is 2.92. The minimum atomic E-state index is -0.541. The summed E-state index contributed by atoms with van der Waals surface area (Å²) in [6, 6.07) is 3.72. The van der Waals surface area contributed by atoms with E-state index in [2.05, 4.69) is 19.9 Å². The monoisotopic (exact) mass is 289 g/mol. The van der Waals surface area contributed by atoms with Crippen LogP contribution < -0.4 is 0 Å². The number of hydrogen-bond acceptors (Lipinski definition) is 6. The van der Waals surface area contributed by atoms with Crippen LogP contribution >= 0.6 is 12.2 Å². The van der Waals surface area contributed by atoms with Gasteiger partial charge in [0.05, 0.1) is 16.7 Å². The van der Waals surface area contributed by atoms with E-state index in [9.17, 15) is 15.2 Å². The van der Waals surface area contributed by atoms with Gasteiger partial charge in [-0.05, 0) is 18.3 Å². The van der Waals surface area contributed by atoms with E-state index in [4.69, 9.17) is 12.2 Å². The van der Waals surface area contributed by atoms with Gasteiger partial charge in [0.2, 0.25) is 0 Å². The third kappa shape index (κ3) is 1.99. The molecule has 3 rings (SSSR count). The molecule has 0 unspecified atom stereocenters. The number of phenolic OH excluding ortho intramolecular Hbond substituents is 1. The first-order valence-electron chi connectivity index (χ1n) is 5.47. The van der Waals surface area contributed by atoms with Crippen LogP contribution in [0.15, 0.2) is 24.4 Å². The van der Waals surface area contributed by atoms with Crippen molar-refractivity contribution in [3.8, 4) is 17.1 Å². The molecule has 0 fully saturated rings. The van der Waals surface area contributed by atoms with Crippen LogP contribution in [0.25, 0.3) is 22.6 Å². The lowest BCUT2D eigenvalue weighted by Crippen LogP contribution is -1.89. The molecule has 3 N–H and O–H groups in total. The minimum absolute atomic E-state index is 0.110. The van der Waals surface area contributed by atoms with Crippen molar-refractivity contribution in [1.82, 2.24) is 19.9 Å². The van der Waals surface area contributed by atoms with Crippen molar-refractivity contribution in [2.75, 3.05) is 0 Å². The lowest BCUT2D eigenvalue weighted by Gasteiger charge is -2.00. The third-order valence-electron chi connectivity index (χ3n) is 2.71. The average Bonchev–Trinajstić information content (AvgIpc) is 2.81. The van der Waals surface area contributed by atoms with Crippen molar-refractivity contribution in [3.05, 3.63) is 39.3 Å². The SMILES string of the molecule is O=[N+]([O-])c1ccc(O)c(-c2nc3[nH]c(=S)ncc3[nH]2)c1. The Labute approximate surface area is 116 Å². The molecule has 2 heterocycles. The molecule has 0 aliphatic carbocycles. The van der Waals surface area contributed by atoms with Crippen LogP contribution in [0.1, 0.15) is 0 Å². The molecule has 0 amide bonds. The Hall–Kier alpha value is -2.81. The van der Waals surface area contributed by atoms with E-state index in [1.54, 1.807) is 0 Å². The fraction of sp³-hybridized carbons (Fsp3) is 0. The fourth-order valence-electron chi connectivity index (χ4n) is 1.79. The van der Waals surface area contributed by atoms with Crippen molar-refractivity contribution in [2.45, 2.75) is 0 Å². The molecular weight excluding hydrogens is 282 g/mol. The van der Waals surface area contributed by atoms with Gasteiger partial charge in [0.15, 0.2) is 10.4 Å². The molecule has 0 aliphatic heterocycles. The number of aromatic amines is 2. The summed E-state index contributed by atoms with van der Waals surface area (Å²) in [5.74, 6) is 0.182. The normalized spacial score (nSPS) is 10.8. The molecule has 3 aromatic rings. The number of rotatable bonds is 2. The zero-order valence-corrected chi connectivity index (χ0v) is 10.6. The number of H-pyrrole nitrogens is 2. The van der Waals surface area contributed by atoms with Gasteiger partial charge in [-0.3, -0.25) is 10.1 Å². The number of aromatic nitrogens is 4. The first-order valence-corrected chi connectivity index (χ1v) is 5.88. The van der Waals surface area contributed by atoms with Gasteiger partial charge in [-0.25, -0.2) is 9.97 Å². The lowest BCUT2D eigenvalue weighted by molar-refractivity contribution is -0.384. The molecule has 9 heteroatoms. The smallest absolute Gasteiger partial charge is 0.270 e. The standard InChI is InChI=1S/C11H7N5O3S/c17-8-2-1-5(16(18)19)3-6(8)9-13-7-4-12-11(20)15-10(7)14-9/h1-4,17H,(H2,12,13,14,15,20). The van der Waals surface area contributed by atoms with E-state index >= 15 is 0 Å². The van der Waals surface area contributed by atoms with Gasteiger partial charge in [0, 0.05) is 12.1 Å². The van der Waals surface area contributed by atoms with E-state index in [-0.39, 0.29) is 21.8 Å².